The normalized spacial score (nSPS) is 10.2. The number of carbonyl (C=O) groups excluding carboxylic acids is 1. The van der Waals surface area contributed by atoms with Crippen LogP contribution in [0.4, 0.5) is 14.9 Å². The molecule has 0 saturated heterocycles. The van der Waals surface area contributed by atoms with Crippen LogP contribution in [0.15, 0.2) is 24.4 Å². The molecular formula is C13H12FN3O3S. The molecule has 0 spiro atoms. The van der Waals surface area contributed by atoms with Crippen LogP contribution in [0.5, 0.6) is 0 Å². The number of anilines is 1. The van der Waals surface area contributed by atoms with E-state index >= 15 is 0 Å². The maximum absolute atomic E-state index is 13.4. The third-order valence-electron chi connectivity index (χ3n) is 2.57. The molecule has 8 heteroatoms. The second kappa shape index (κ2) is 6.31. The zero-order valence-corrected chi connectivity index (χ0v) is 11.8. The summed E-state index contributed by atoms with van der Waals surface area (Å²) in [6, 6.07) is 3.05. The number of urea groups is 1. The number of rotatable bonds is 4. The van der Waals surface area contributed by atoms with Crippen molar-refractivity contribution in [1.82, 2.24) is 10.3 Å². The maximum Gasteiger partial charge on any atom is 0.340 e. The Bertz CT molecular complexity index is 687. The molecule has 0 aliphatic heterocycles. The number of aromatic carboxylic acids is 1. The van der Waals surface area contributed by atoms with E-state index in [4.69, 9.17) is 5.11 Å². The van der Waals surface area contributed by atoms with Crippen molar-refractivity contribution in [2.24, 2.45) is 0 Å². The monoisotopic (exact) mass is 309 g/mol. The summed E-state index contributed by atoms with van der Waals surface area (Å²) in [6.07, 6.45) is 1.64. The third kappa shape index (κ3) is 3.76. The van der Waals surface area contributed by atoms with E-state index in [0.29, 0.717) is 0 Å². The summed E-state index contributed by atoms with van der Waals surface area (Å²) < 4.78 is 13.4. The van der Waals surface area contributed by atoms with E-state index < -0.39 is 23.4 Å². The van der Waals surface area contributed by atoms with Crippen molar-refractivity contribution in [1.29, 1.82) is 0 Å². The minimum absolute atomic E-state index is 0.0968. The third-order valence-corrected chi connectivity index (χ3v) is 3.48. The molecule has 2 amide bonds. The van der Waals surface area contributed by atoms with Crippen LogP contribution in [0.2, 0.25) is 0 Å². The Kier molecular flexibility index (Phi) is 4.49. The van der Waals surface area contributed by atoms with Gasteiger partial charge in [-0.25, -0.2) is 19.0 Å². The molecule has 1 heterocycles. The quantitative estimate of drug-likeness (QED) is 0.809. The second-order valence-electron chi connectivity index (χ2n) is 4.12. The lowest BCUT2D eigenvalue weighted by atomic mass is 10.1. The summed E-state index contributed by atoms with van der Waals surface area (Å²) in [5.74, 6) is -2.35. The minimum Gasteiger partial charge on any atom is -0.478 e. The van der Waals surface area contributed by atoms with Crippen LogP contribution in [0, 0.1) is 12.7 Å². The van der Waals surface area contributed by atoms with Crippen LogP contribution in [-0.4, -0.2) is 22.1 Å². The predicted octanol–water partition coefficient (Wildman–Crippen LogP) is 2.61. The van der Waals surface area contributed by atoms with E-state index in [1.807, 2.05) is 6.92 Å². The van der Waals surface area contributed by atoms with Gasteiger partial charge in [0.05, 0.1) is 17.2 Å². The highest BCUT2D eigenvalue weighted by Gasteiger charge is 2.17. The maximum atomic E-state index is 13.4. The van der Waals surface area contributed by atoms with E-state index in [-0.39, 0.29) is 12.2 Å². The van der Waals surface area contributed by atoms with Gasteiger partial charge in [-0.2, -0.15) is 0 Å². The number of aryl methyl sites for hydroxylation is 1. The van der Waals surface area contributed by atoms with Gasteiger partial charge in [0.25, 0.3) is 0 Å². The highest BCUT2D eigenvalue weighted by molar-refractivity contribution is 7.11. The fourth-order valence-electron chi connectivity index (χ4n) is 1.67. The molecule has 2 aromatic rings. The standard InChI is InChI=1S/C13H12FN3O3S/c1-7-15-5-8(21-7)6-16-13(20)17-10-4-2-3-9(14)11(10)12(18)19/h2-5H,6H2,1H3,(H,18,19)(H2,16,17,20). The summed E-state index contributed by atoms with van der Waals surface area (Å²) in [5, 5.41) is 14.7. The van der Waals surface area contributed by atoms with E-state index in [1.165, 1.54) is 23.5 Å². The molecule has 0 aliphatic rings. The second-order valence-corrected chi connectivity index (χ2v) is 5.44. The van der Waals surface area contributed by atoms with E-state index in [2.05, 4.69) is 15.6 Å². The summed E-state index contributed by atoms with van der Waals surface area (Å²) in [7, 11) is 0. The van der Waals surface area contributed by atoms with Gasteiger partial charge in [-0.15, -0.1) is 11.3 Å². The van der Waals surface area contributed by atoms with Gasteiger partial charge in [-0.05, 0) is 19.1 Å². The Balaban J connectivity index is 2.03. The Morgan fingerprint density at radius 1 is 1.43 bits per heavy atom. The fourth-order valence-corrected chi connectivity index (χ4v) is 2.40. The Morgan fingerprint density at radius 2 is 2.19 bits per heavy atom. The van der Waals surface area contributed by atoms with Gasteiger partial charge >= 0.3 is 12.0 Å². The topological polar surface area (TPSA) is 91.3 Å². The lowest BCUT2D eigenvalue weighted by Crippen LogP contribution is -2.28. The van der Waals surface area contributed by atoms with Crippen LogP contribution >= 0.6 is 11.3 Å². The summed E-state index contributed by atoms with van der Waals surface area (Å²) in [4.78, 5) is 27.6. The molecule has 1 aromatic heterocycles. The Morgan fingerprint density at radius 3 is 2.81 bits per heavy atom. The first-order chi connectivity index (χ1) is 9.97. The van der Waals surface area contributed by atoms with Crippen molar-refractivity contribution in [3.63, 3.8) is 0 Å². The predicted molar refractivity (Wildman–Crippen MR) is 76.1 cm³/mol. The molecule has 0 saturated carbocycles. The largest absolute Gasteiger partial charge is 0.478 e. The van der Waals surface area contributed by atoms with Crippen LogP contribution in [-0.2, 0) is 6.54 Å². The molecule has 3 N–H and O–H groups in total. The Hall–Kier alpha value is -2.48. The molecule has 2 rings (SSSR count). The molecule has 21 heavy (non-hydrogen) atoms. The van der Waals surface area contributed by atoms with Crippen molar-refractivity contribution in [2.45, 2.75) is 13.5 Å². The summed E-state index contributed by atoms with van der Waals surface area (Å²) in [6.45, 7) is 2.11. The molecule has 110 valence electrons. The molecule has 0 unspecified atom stereocenters. The van der Waals surface area contributed by atoms with Crippen molar-refractivity contribution >= 4 is 29.0 Å². The lowest BCUT2D eigenvalue weighted by Gasteiger charge is -2.09. The molecule has 0 aliphatic carbocycles. The lowest BCUT2D eigenvalue weighted by molar-refractivity contribution is 0.0693. The first-order valence-electron chi connectivity index (χ1n) is 5.95. The van der Waals surface area contributed by atoms with Gasteiger partial charge in [0.1, 0.15) is 11.4 Å². The number of halogens is 1. The van der Waals surface area contributed by atoms with Gasteiger partial charge in [0, 0.05) is 11.1 Å². The van der Waals surface area contributed by atoms with Gasteiger partial charge < -0.3 is 15.7 Å². The van der Waals surface area contributed by atoms with Crippen molar-refractivity contribution < 1.29 is 19.1 Å². The number of carbonyl (C=O) groups is 2. The molecule has 0 fully saturated rings. The van der Waals surface area contributed by atoms with Crippen LogP contribution in [0.3, 0.4) is 0 Å². The van der Waals surface area contributed by atoms with E-state index in [9.17, 15) is 14.0 Å². The average molecular weight is 309 g/mol. The van der Waals surface area contributed by atoms with E-state index in [1.54, 1.807) is 6.20 Å². The zero-order valence-electron chi connectivity index (χ0n) is 11.0. The smallest absolute Gasteiger partial charge is 0.340 e. The number of carboxylic acids is 1. The number of aromatic nitrogens is 1. The van der Waals surface area contributed by atoms with Crippen LogP contribution in [0.25, 0.3) is 0 Å². The molecular weight excluding hydrogens is 297 g/mol. The highest BCUT2D eigenvalue weighted by Crippen LogP contribution is 2.19. The SMILES string of the molecule is Cc1ncc(CNC(=O)Nc2cccc(F)c2C(=O)O)s1. The molecule has 6 nitrogen and oxygen atoms in total. The number of thiazole rings is 1. The van der Waals surface area contributed by atoms with Gasteiger partial charge in [0.15, 0.2) is 0 Å². The zero-order chi connectivity index (χ0) is 15.4. The number of carboxylic acid groups (broad SMARTS) is 1. The van der Waals surface area contributed by atoms with Gasteiger partial charge in [-0.1, -0.05) is 6.07 Å². The summed E-state index contributed by atoms with van der Waals surface area (Å²) >= 11 is 1.44. The highest BCUT2D eigenvalue weighted by atomic mass is 32.1. The molecule has 0 bridgehead atoms. The number of nitrogens with zero attached hydrogens (tertiary/aromatic N) is 1. The number of nitrogens with one attached hydrogen (secondary N) is 2. The molecule has 1 aromatic carbocycles. The van der Waals surface area contributed by atoms with Crippen LogP contribution in [0.1, 0.15) is 20.2 Å². The number of amides is 2. The van der Waals surface area contributed by atoms with E-state index in [0.717, 1.165) is 16.0 Å². The van der Waals surface area contributed by atoms with Crippen molar-refractivity contribution in [3.05, 3.63) is 45.7 Å². The summed E-state index contributed by atoms with van der Waals surface area (Å²) in [5.41, 5.74) is -0.665. The van der Waals surface area contributed by atoms with Crippen LogP contribution < -0.4 is 10.6 Å². The number of hydrogen-bond acceptors (Lipinski definition) is 4. The Labute approximate surface area is 123 Å². The minimum atomic E-state index is -1.44. The first-order valence-corrected chi connectivity index (χ1v) is 6.77. The number of benzene rings is 1. The first kappa shape index (κ1) is 14.9. The molecule has 0 atom stereocenters. The average Bonchev–Trinajstić information content (AvgIpc) is 2.82. The van der Waals surface area contributed by atoms with Gasteiger partial charge in [0.2, 0.25) is 0 Å². The fraction of sp³-hybridized carbons (Fsp3) is 0.154. The van der Waals surface area contributed by atoms with Gasteiger partial charge in [-0.3, -0.25) is 0 Å². The van der Waals surface area contributed by atoms with Crippen molar-refractivity contribution in [3.8, 4) is 0 Å². The van der Waals surface area contributed by atoms with Crippen molar-refractivity contribution in [2.75, 3.05) is 5.32 Å². The number of hydrogen-bond donors (Lipinski definition) is 3. The molecule has 0 radical (unpaired) electrons.